The first-order valence-corrected chi connectivity index (χ1v) is 9.26. The maximum absolute atomic E-state index is 12.7. The third kappa shape index (κ3) is 4.65. The van der Waals surface area contributed by atoms with Crippen LogP contribution in [0, 0.1) is 6.92 Å². The summed E-state index contributed by atoms with van der Waals surface area (Å²) in [6.45, 7) is 3.84. The van der Waals surface area contributed by atoms with E-state index in [0.717, 1.165) is 12.0 Å². The molecule has 4 nitrogen and oxygen atoms in total. The molecule has 0 spiro atoms. The Morgan fingerprint density at radius 2 is 1.46 bits per heavy atom. The molecule has 0 atom stereocenters. The third-order valence-corrected chi connectivity index (χ3v) is 4.26. The summed E-state index contributed by atoms with van der Waals surface area (Å²) >= 11 is 0. The molecule has 0 saturated heterocycles. The van der Waals surface area contributed by atoms with Gasteiger partial charge in [0.25, 0.3) is 0 Å². The zero-order valence-corrected chi connectivity index (χ0v) is 16.0. The lowest BCUT2D eigenvalue weighted by molar-refractivity contribution is -0.134. The van der Waals surface area contributed by atoms with E-state index in [-0.39, 0.29) is 11.8 Å². The molecule has 142 valence electrons. The highest BCUT2D eigenvalue weighted by Gasteiger charge is 2.13. The van der Waals surface area contributed by atoms with Gasteiger partial charge in [0, 0.05) is 17.5 Å². The first-order valence-electron chi connectivity index (χ1n) is 9.26. The predicted molar refractivity (Wildman–Crippen MR) is 108 cm³/mol. The van der Waals surface area contributed by atoms with Crippen LogP contribution < -0.4 is 9.47 Å². The van der Waals surface area contributed by atoms with Crippen molar-refractivity contribution in [3.63, 3.8) is 0 Å². The Morgan fingerprint density at radius 3 is 2.14 bits per heavy atom. The number of benzene rings is 3. The second-order valence-electron chi connectivity index (χ2n) is 6.44. The number of aryl methyl sites for hydroxylation is 1. The van der Waals surface area contributed by atoms with Crippen molar-refractivity contribution in [1.29, 1.82) is 0 Å². The number of ketones is 1. The average Bonchev–Trinajstić information content (AvgIpc) is 2.70. The second-order valence-corrected chi connectivity index (χ2v) is 6.44. The van der Waals surface area contributed by atoms with Gasteiger partial charge >= 0.3 is 5.97 Å². The Kier molecular flexibility index (Phi) is 6.22. The van der Waals surface area contributed by atoms with Crippen LogP contribution in [0.5, 0.6) is 17.2 Å². The van der Waals surface area contributed by atoms with E-state index in [1.165, 1.54) is 0 Å². The van der Waals surface area contributed by atoms with E-state index >= 15 is 0 Å². The van der Waals surface area contributed by atoms with Crippen LogP contribution in [0.4, 0.5) is 0 Å². The van der Waals surface area contributed by atoms with Gasteiger partial charge in [-0.2, -0.15) is 0 Å². The normalized spacial score (nSPS) is 10.4. The summed E-state index contributed by atoms with van der Waals surface area (Å²) in [5.41, 5.74) is 2.21. The van der Waals surface area contributed by atoms with Crippen molar-refractivity contribution in [1.82, 2.24) is 0 Å². The first-order chi connectivity index (χ1) is 13.6. The van der Waals surface area contributed by atoms with Gasteiger partial charge < -0.3 is 9.47 Å². The van der Waals surface area contributed by atoms with Crippen molar-refractivity contribution in [3.8, 4) is 17.2 Å². The van der Waals surface area contributed by atoms with Crippen LogP contribution in [0.1, 0.15) is 41.3 Å². The zero-order valence-electron chi connectivity index (χ0n) is 16.0. The van der Waals surface area contributed by atoms with Gasteiger partial charge in [-0.25, -0.2) is 0 Å². The molecule has 0 unspecified atom stereocenters. The summed E-state index contributed by atoms with van der Waals surface area (Å²) in [6.07, 6.45) is 1.07. The highest BCUT2D eigenvalue weighted by Crippen LogP contribution is 2.32. The van der Waals surface area contributed by atoms with Crippen LogP contribution in [0.25, 0.3) is 0 Å². The molecule has 0 heterocycles. The number of hydrogen-bond acceptors (Lipinski definition) is 4. The van der Waals surface area contributed by atoms with Crippen LogP contribution >= 0.6 is 0 Å². The second kappa shape index (κ2) is 9.00. The van der Waals surface area contributed by atoms with Gasteiger partial charge in [0.15, 0.2) is 17.3 Å². The van der Waals surface area contributed by atoms with Crippen LogP contribution in [-0.2, 0) is 4.79 Å². The Labute approximate surface area is 164 Å². The molecule has 0 fully saturated rings. The van der Waals surface area contributed by atoms with E-state index in [1.807, 2.05) is 44.2 Å². The van der Waals surface area contributed by atoms with Crippen LogP contribution in [0.3, 0.4) is 0 Å². The molecular formula is C24H22O4. The number of carbonyl (C=O) groups is 2. The fourth-order valence-electron chi connectivity index (χ4n) is 2.78. The highest BCUT2D eigenvalue weighted by atomic mass is 16.6. The molecule has 0 bridgehead atoms. The molecule has 0 radical (unpaired) electrons. The molecule has 3 aromatic carbocycles. The van der Waals surface area contributed by atoms with Gasteiger partial charge in [-0.15, -0.1) is 0 Å². The standard InChI is InChI=1S/C24H22O4/c1-3-8-23(25)28-22-12-7-6-11-21(22)27-19-15-13-18(14-16-19)24(26)20-10-5-4-9-17(20)2/h4-7,9-16H,3,8H2,1-2H3. The van der Waals surface area contributed by atoms with Gasteiger partial charge in [0.1, 0.15) is 5.75 Å². The summed E-state index contributed by atoms with van der Waals surface area (Å²) in [5.74, 6) is 1.06. The van der Waals surface area contributed by atoms with E-state index < -0.39 is 0 Å². The molecule has 0 aromatic heterocycles. The Bertz CT molecular complexity index is 974. The summed E-state index contributed by atoms with van der Waals surface area (Å²) in [6, 6.07) is 21.5. The summed E-state index contributed by atoms with van der Waals surface area (Å²) < 4.78 is 11.2. The van der Waals surface area contributed by atoms with Crippen molar-refractivity contribution in [2.75, 3.05) is 0 Å². The van der Waals surface area contributed by atoms with Crippen LogP contribution in [0.2, 0.25) is 0 Å². The average molecular weight is 374 g/mol. The highest BCUT2D eigenvalue weighted by molar-refractivity contribution is 6.09. The minimum absolute atomic E-state index is 0.0291. The fraction of sp³-hybridized carbons (Fsp3) is 0.167. The van der Waals surface area contributed by atoms with Crippen LogP contribution in [0.15, 0.2) is 72.8 Å². The molecule has 0 N–H and O–H groups in total. The van der Waals surface area contributed by atoms with E-state index in [1.54, 1.807) is 42.5 Å². The topological polar surface area (TPSA) is 52.6 Å². The van der Waals surface area contributed by atoms with Crippen molar-refractivity contribution >= 4 is 11.8 Å². The van der Waals surface area contributed by atoms with E-state index in [2.05, 4.69) is 0 Å². The molecule has 0 amide bonds. The third-order valence-electron chi connectivity index (χ3n) is 4.26. The lowest BCUT2D eigenvalue weighted by Gasteiger charge is -2.11. The molecule has 28 heavy (non-hydrogen) atoms. The fourth-order valence-corrected chi connectivity index (χ4v) is 2.78. The number of esters is 1. The number of ether oxygens (including phenoxy) is 2. The van der Waals surface area contributed by atoms with Gasteiger partial charge in [-0.05, 0) is 55.3 Å². The minimum atomic E-state index is -0.294. The summed E-state index contributed by atoms with van der Waals surface area (Å²) in [4.78, 5) is 24.5. The number of rotatable bonds is 7. The minimum Gasteiger partial charge on any atom is -0.453 e. The monoisotopic (exact) mass is 374 g/mol. The Balaban J connectivity index is 1.76. The lowest BCUT2D eigenvalue weighted by Crippen LogP contribution is -2.07. The van der Waals surface area contributed by atoms with E-state index in [4.69, 9.17) is 9.47 Å². The molecular weight excluding hydrogens is 352 g/mol. The summed E-state index contributed by atoms with van der Waals surface area (Å²) in [7, 11) is 0. The van der Waals surface area contributed by atoms with Gasteiger partial charge in [-0.3, -0.25) is 9.59 Å². The van der Waals surface area contributed by atoms with Gasteiger partial charge in [0.2, 0.25) is 0 Å². The summed E-state index contributed by atoms with van der Waals surface area (Å²) in [5, 5.41) is 0. The smallest absolute Gasteiger partial charge is 0.311 e. The molecule has 0 aliphatic heterocycles. The van der Waals surface area contributed by atoms with Crippen molar-refractivity contribution in [2.24, 2.45) is 0 Å². The largest absolute Gasteiger partial charge is 0.453 e. The first kappa shape index (κ1) is 19.4. The van der Waals surface area contributed by atoms with Crippen molar-refractivity contribution < 1.29 is 19.1 Å². The van der Waals surface area contributed by atoms with Crippen LogP contribution in [-0.4, -0.2) is 11.8 Å². The van der Waals surface area contributed by atoms with Gasteiger partial charge in [0.05, 0.1) is 0 Å². The van der Waals surface area contributed by atoms with E-state index in [9.17, 15) is 9.59 Å². The predicted octanol–water partition coefficient (Wildman–Crippen LogP) is 5.72. The Morgan fingerprint density at radius 1 is 0.821 bits per heavy atom. The van der Waals surface area contributed by atoms with Gasteiger partial charge in [-0.1, -0.05) is 43.3 Å². The molecule has 4 heteroatoms. The Hall–Kier alpha value is -3.40. The maximum atomic E-state index is 12.7. The lowest BCUT2D eigenvalue weighted by atomic mass is 9.99. The maximum Gasteiger partial charge on any atom is 0.311 e. The number of hydrogen-bond donors (Lipinski definition) is 0. The SMILES string of the molecule is CCCC(=O)Oc1ccccc1Oc1ccc(C(=O)c2ccccc2C)cc1. The molecule has 3 rings (SSSR count). The zero-order chi connectivity index (χ0) is 19.9. The molecule has 0 saturated carbocycles. The molecule has 0 aliphatic carbocycles. The quantitative estimate of drug-likeness (QED) is 0.301. The van der Waals surface area contributed by atoms with Crippen molar-refractivity contribution in [3.05, 3.63) is 89.5 Å². The number of para-hydroxylation sites is 2. The van der Waals surface area contributed by atoms with E-state index in [0.29, 0.717) is 34.8 Å². The molecule has 3 aromatic rings. The van der Waals surface area contributed by atoms with Crippen molar-refractivity contribution in [2.45, 2.75) is 26.7 Å². The molecule has 0 aliphatic rings. The number of carbonyl (C=O) groups excluding carboxylic acids is 2.